The van der Waals surface area contributed by atoms with Gasteiger partial charge in [0, 0.05) is 6.42 Å². The maximum absolute atomic E-state index is 12.5. The van der Waals surface area contributed by atoms with Gasteiger partial charge in [-0.3, -0.25) is 4.79 Å². The molecule has 1 atom stereocenters. The number of aliphatic hydroxyl groups excluding tert-OH is 1. The van der Waals surface area contributed by atoms with E-state index in [1.54, 1.807) is 6.92 Å². The van der Waals surface area contributed by atoms with Gasteiger partial charge < -0.3 is 5.11 Å². The van der Waals surface area contributed by atoms with E-state index in [2.05, 4.69) is 6.92 Å². The Morgan fingerprint density at radius 3 is 1.30 bits per heavy atom. The first kappa shape index (κ1) is 26.6. The molecule has 0 fully saturated rings. The standard InChI is InChI=1S/C25H50O2/c1-5-8-9-10-11-12-13-14-15-16-17-18-19-20-21-22-24(27)25(6-2,7-3)23(4)26/h23,26H,5-22H2,1-4H3. The maximum Gasteiger partial charge on any atom is 0.141 e. The molecule has 0 bridgehead atoms. The number of rotatable bonds is 20. The lowest BCUT2D eigenvalue weighted by Gasteiger charge is -2.33. The summed E-state index contributed by atoms with van der Waals surface area (Å²) >= 11 is 0. The smallest absolute Gasteiger partial charge is 0.141 e. The summed E-state index contributed by atoms with van der Waals surface area (Å²) in [5, 5.41) is 10.0. The van der Waals surface area contributed by atoms with Crippen molar-refractivity contribution in [2.45, 2.75) is 149 Å². The third-order valence-corrected chi connectivity index (χ3v) is 6.62. The van der Waals surface area contributed by atoms with Gasteiger partial charge in [0.05, 0.1) is 11.5 Å². The fourth-order valence-electron chi connectivity index (χ4n) is 4.37. The Balaban J connectivity index is 3.48. The van der Waals surface area contributed by atoms with Gasteiger partial charge >= 0.3 is 0 Å². The molecule has 0 rings (SSSR count). The van der Waals surface area contributed by atoms with Crippen molar-refractivity contribution in [3.8, 4) is 0 Å². The van der Waals surface area contributed by atoms with E-state index < -0.39 is 11.5 Å². The van der Waals surface area contributed by atoms with Crippen LogP contribution in [0.1, 0.15) is 143 Å². The lowest BCUT2D eigenvalue weighted by atomic mass is 9.72. The fourth-order valence-corrected chi connectivity index (χ4v) is 4.37. The molecule has 27 heavy (non-hydrogen) atoms. The van der Waals surface area contributed by atoms with E-state index >= 15 is 0 Å². The number of aliphatic hydroxyl groups is 1. The lowest BCUT2D eigenvalue weighted by Crippen LogP contribution is -2.40. The van der Waals surface area contributed by atoms with Crippen LogP contribution in [-0.2, 0) is 4.79 Å². The van der Waals surface area contributed by atoms with Crippen molar-refractivity contribution >= 4 is 5.78 Å². The van der Waals surface area contributed by atoms with Gasteiger partial charge in [0.1, 0.15) is 5.78 Å². The summed E-state index contributed by atoms with van der Waals surface area (Å²) in [7, 11) is 0. The minimum atomic E-state index is -0.531. The van der Waals surface area contributed by atoms with Crippen molar-refractivity contribution < 1.29 is 9.90 Å². The predicted octanol–water partition coefficient (Wildman–Crippen LogP) is 8.00. The highest BCUT2D eigenvalue weighted by Gasteiger charge is 2.38. The van der Waals surface area contributed by atoms with Crippen LogP contribution in [-0.4, -0.2) is 17.0 Å². The van der Waals surface area contributed by atoms with Gasteiger partial charge in [-0.2, -0.15) is 0 Å². The summed E-state index contributed by atoms with van der Waals surface area (Å²) in [5.74, 6) is 0.275. The van der Waals surface area contributed by atoms with Gasteiger partial charge in [-0.1, -0.05) is 111 Å². The Morgan fingerprint density at radius 1 is 0.667 bits per heavy atom. The van der Waals surface area contributed by atoms with Crippen molar-refractivity contribution in [3.05, 3.63) is 0 Å². The molecule has 0 saturated carbocycles. The summed E-state index contributed by atoms with van der Waals surface area (Å²) in [5.41, 5.74) is -0.504. The minimum Gasteiger partial charge on any atom is -0.392 e. The van der Waals surface area contributed by atoms with Crippen molar-refractivity contribution in [3.63, 3.8) is 0 Å². The monoisotopic (exact) mass is 382 g/mol. The number of ketones is 1. The SMILES string of the molecule is CCCCCCCCCCCCCCCCCC(=O)C(CC)(CC)C(C)O. The number of hydrogen-bond donors (Lipinski definition) is 1. The Labute approximate surface area is 170 Å². The van der Waals surface area contributed by atoms with Crippen LogP contribution in [0.3, 0.4) is 0 Å². The highest BCUT2D eigenvalue weighted by molar-refractivity contribution is 5.85. The number of carbonyl (C=O) groups is 1. The molecule has 2 nitrogen and oxygen atoms in total. The zero-order valence-corrected chi connectivity index (χ0v) is 19.2. The van der Waals surface area contributed by atoms with Gasteiger partial charge in [0.25, 0.3) is 0 Å². The summed E-state index contributed by atoms with van der Waals surface area (Å²) in [6.07, 6.45) is 21.8. The van der Waals surface area contributed by atoms with Crippen molar-refractivity contribution in [1.82, 2.24) is 0 Å². The van der Waals surface area contributed by atoms with Crippen LogP contribution in [0.5, 0.6) is 0 Å². The van der Waals surface area contributed by atoms with Crippen LogP contribution < -0.4 is 0 Å². The first-order chi connectivity index (χ1) is 13.0. The first-order valence-electron chi connectivity index (χ1n) is 12.3. The molecule has 0 aromatic heterocycles. The van der Waals surface area contributed by atoms with Gasteiger partial charge in [0.15, 0.2) is 0 Å². The summed E-state index contributed by atoms with van der Waals surface area (Å²) in [6, 6.07) is 0. The highest BCUT2D eigenvalue weighted by Crippen LogP contribution is 2.33. The van der Waals surface area contributed by atoms with E-state index in [-0.39, 0.29) is 5.78 Å². The number of unbranched alkanes of at least 4 members (excludes halogenated alkanes) is 14. The largest absolute Gasteiger partial charge is 0.392 e. The average molecular weight is 383 g/mol. The highest BCUT2D eigenvalue weighted by atomic mass is 16.3. The van der Waals surface area contributed by atoms with Crippen LogP contribution in [0.15, 0.2) is 0 Å². The van der Waals surface area contributed by atoms with Gasteiger partial charge in [-0.05, 0) is 26.2 Å². The van der Waals surface area contributed by atoms with Crippen LogP contribution in [0.4, 0.5) is 0 Å². The van der Waals surface area contributed by atoms with Crippen LogP contribution in [0.2, 0.25) is 0 Å². The predicted molar refractivity (Wildman–Crippen MR) is 119 cm³/mol. The molecule has 0 aromatic carbocycles. The first-order valence-corrected chi connectivity index (χ1v) is 12.3. The van der Waals surface area contributed by atoms with Crippen LogP contribution in [0, 0.1) is 5.41 Å². The zero-order chi connectivity index (χ0) is 20.4. The number of carbonyl (C=O) groups excluding carboxylic acids is 1. The van der Waals surface area contributed by atoms with Crippen molar-refractivity contribution in [1.29, 1.82) is 0 Å². The Bertz CT molecular complexity index is 331. The van der Waals surface area contributed by atoms with E-state index in [1.165, 1.54) is 83.5 Å². The molecule has 0 aliphatic rings. The molecular weight excluding hydrogens is 332 g/mol. The Morgan fingerprint density at radius 2 is 1.00 bits per heavy atom. The van der Waals surface area contributed by atoms with E-state index in [0.29, 0.717) is 6.42 Å². The Hall–Kier alpha value is -0.370. The second-order valence-corrected chi connectivity index (χ2v) is 8.66. The third-order valence-electron chi connectivity index (χ3n) is 6.62. The molecule has 0 spiro atoms. The Kier molecular flexibility index (Phi) is 17.5. The van der Waals surface area contributed by atoms with Gasteiger partial charge in [-0.25, -0.2) is 0 Å². The summed E-state index contributed by atoms with van der Waals surface area (Å²) in [4.78, 5) is 12.5. The second kappa shape index (κ2) is 17.7. The molecule has 0 radical (unpaired) electrons. The maximum atomic E-state index is 12.5. The molecule has 0 aliphatic carbocycles. The van der Waals surface area contributed by atoms with Gasteiger partial charge in [-0.15, -0.1) is 0 Å². The molecule has 1 N–H and O–H groups in total. The second-order valence-electron chi connectivity index (χ2n) is 8.66. The summed E-state index contributed by atoms with van der Waals surface area (Å²) < 4.78 is 0. The van der Waals surface area contributed by atoms with E-state index in [4.69, 9.17) is 0 Å². The zero-order valence-electron chi connectivity index (χ0n) is 19.2. The fraction of sp³-hybridized carbons (Fsp3) is 0.960. The average Bonchev–Trinajstić information content (AvgIpc) is 2.66. The molecule has 0 aliphatic heterocycles. The molecule has 1 unspecified atom stereocenters. The molecule has 2 heteroatoms. The third kappa shape index (κ3) is 11.9. The molecular formula is C25H50O2. The van der Waals surface area contributed by atoms with E-state index in [0.717, 1.165) is 25.7 Å². The number of hydrogen-bond acceptors (Lipinski definition) is 2. The van der Waals surface area contributed by atoms with E-state index in [9.17, 15) is 9.90 Å². The number of Topliss-reactive ketones (excluding diaryl/α,β-unsaturated/α-hetero) is 1. The summed E-state index contributed by atoms with van der Waals surface area (Å²) in [6.45, 7) is 8.11. The van der Waals surface area contributed by atoms with Crippen molar-refractivity contribution in [2.24, 2.45) is 5.41 Å². The molecule has 0 amide bonds. The van der Waals surface area contributed by atoms with Crippen LogP contribution >= 0.6 is 0 Å². The molecule has 162 valence electrons. The molecule has 0 saturated heterocycles. The van der Waals surface area contributed by atoms with Crippen LogP contribution in [0.25, 0.3) is 0 Å². The minimum absolute atomic E-state index is 0.275. The molecule has 0 heterocycles. The van der Waals surface area contributed by atoms with E-state index in [1.807, 2.05) is 13.8 Å². The normalized spacial score (nSPS) is 13.1. The lowest BCUT2D eigenvalue weighted by molar-refractivity contribution is -0.135. The topological polar surface area (TPSA) is 37.3 Å². The quantitative estimate of drug-likeness (QED) is 0.216. The van der Waals surface area contributed by atoms with Gasteiger partial charge in [0.2, 0.25) is 0 Å². The van der Waals surface area contributed by atoms with Crippen molar-refractivity contribution in [2.75, 3.05) is 0 Å². The molecule has 0 aromatic rings.